The number of para-hydroxylation sites is 1. The molecule has 0 aliphatic carbocycles. The number of anilines is 2. The van der Waals surface area contributed by atoms with Crippen LogP contribution in [0, 0.1) is 12.7 Å². The molecule has 0 bridgehead atoms. The number of aryl methyl sites for hydroxylation is 1. The number of amides is 2. The summed E-state index contributed by atoms with van der Waals surface area (Å²) in [5.41, 5.74) is 1.44. The third-order valence-electron chi connectivity index (χ3n) is 3.05. The zero-order valence-corrected chi connectivity index (χ0v) is 12.2. The number of nitrogens with one attached hydrogen (secondary N) is 2. The summed E-state index contributed by atoms with van der Waals surface area (Å²) in [6.45, 7) is 1.71. The van der Waals surface area contributed by atoms with E-state index in [4.69, 9.17) is 4.52 Å². The Morgan fingerprint density at radius 3 is 2.48 bits per heavy atom. The normalized spacial score (nSPS) is 10.3. The Hall–Kier alpha value is -3.22. The lowest BCUT2D eigenvalue weighted by atomic mass is 10.2. The SMILES string of the molecule is Cc1nc(-c2ccc(NC(=O)Nc3ccccc3F)cc2)no1. The number of carbonyl (C=O) groups excluding carboxylic acids is 1. The van der Waals surface area contributed by atoms with E-state index in [1.165, 1.54) is 12.1 Å². The Morgan fingerprint density at radius 2 is 1.83 bits per heavy atom. The van der Waals surface area contributed by atoms with Gasteiger partial charge in [-0.05, 0) is 36.4 Å². The molecular formula is C16H13FN4O2. The van der Waals surface area contributed by atoms with Gasteiger partial charge in [0, 0.05) is 18.2 Å². The Kier molecular flexibility index (Phi) is 4.01. The molecule has 2 amide bonds. The number of halogens is 1. The fraction of sp³-hybridized carbons (Fsp3) is 0.0625. The number of urea groups is 1. The van der Waals surface area contributed by atoms with Crippen LogP contribution in [0.5, 0.6) is 0 Å². The average molecular weight is 312 g/mol. The number of hydrogen-bond acceptors (Lipinski definition) is 4. The maximum Gasteiger partial charge on any atom is 0.323 e. The van der Waals surface area contributed by atoms with Gasteiger partial charge in [-0.25, -0.2) is 9.18 Å². The highest BCUT2D eigenvalue weighted by atomic mass is 19.1. The van der Waals surface area contributed by atoms with E-state index in [2.05, 4.69) is 20.8 Å². The lowest BCUT2D eigenvalue weighted by molar-refractivity contribution is 0.262. The third kappa shape index (κ3) is 3.52. The van der Waals surface area contributed by atoms with Gasteiger partial charge in [0.15, 0.2) is 0 Å². The number of aromatic nitrogens is 2. The summed E-state index contributed by atoms with van der Waals surface area (Å²) in [7, 11) is 0. The van der Waals surface area contributed by atoms with Crippen molar-refractivity contribution in [1.29, 1.82) is 0 Å². The summed E-state index contributed by atoms with van der Waals surface area (Å²) in [5.74, 6) is 0.460. The minimum atomic E-state index is -0.529. The second kappa shape index (κ2) is 6.27. The Labute approximate surface area is 131 Å². The van der Waals surface area contributed by atoms with E-state index in [0.29, 0.717) is 17.4 Å². The van der Waals surface area contributed by atoms with Crippen molar-refractivity contribution < 1.29 is 13.7 Å². The van der Waals surface area contributed by atoms with E-state index in [-0.39, 0.29) is 5.69 Å². The van der Waals surface area contributed by atoms with E-state index in [1.54, 1.807) is 43.3 Å². The molecule has 1 aromatic heterocycles. The fourth-order valence-corrected chi connectivity index (χ4v) is 1.97. The Morgan fingerprint density at radius 1 is 1.09 bits per heavy atom. The van der Waals surface area contributed by atoms with Gasteiger partial charge in [0.2, 0.25) is 11.7 Å². The second-order valence-corrected chi connectivity index (χ2v) is 4.77. The Balaban J connectivity index is 1.66. The first kappa shape index (κ1) is 14.7. The summed E-state index contributed by atoms with van der Waals surface area (Å²) in [4.78, 5) is 16.0. The van der Waals surface area contributed by atoms with Gasteiger partial charge in [-0.3, -0.25) is 0 Å². The van der Waals surface area contributed by atoms with Gasteiger partial charge in [-0.2, -0.15) is 4.98 Å². The van der Waals surface area contributed by atoms with E-state index in [1.807, 2.05) is 0 Å². The highest BCUT2D eigenvalue weighted by Gasteiger charge is 2.08. The van der Waals surface area contributed by atoms with Crippen molar-refractivity contribution in [2.45, 2.75) is 6.92 Å². The molecule has 3 rings (SSSR count). The molecule has 0 aliphatic heterocycles. The molecule has 0 unspecified atom stereocenters. The van der Waals surface area contributed by atoms with Crippen LogP contribution in [0.1, 0.15) is 5.89 Å². The van der Waals surface area contributed by atoms with Crippen LogP contribution in [0.2, 0.25) is 0 Å². The minimum Gasteiger partial charge on any atom is -0.339 e. The molecule has 0 saturated carbocycles. The Bertz CT molecular complexity index is 830. The fourth-order valence-electron chi connectivity index (χ4n) is 1.97. The summed E-state index contributed by atoms with van der Waals surface area (Å²) in [5, 5.41) is 8.88. The number of nitrogens with zero attached hydrogens (tertiary/aromatic N) is 2. The molecule has 6 nitrogen and oxygen atoms in total. The van der Waals surface area contributed by atoms with Gasteiger partial charge in [0.25, 0.3) is 0 Å². The molecule has 0 aliphatic rings. The van der Waals surface area contributed by atoms with Crippen molar-refractivity contribution in [2.75, 3.05) is 10.6 Å². The largest absolute Gasteiger partial charge is 0.339 e. The summed E-state index contributed by atoms with van der Waals surface area (Å²) in [6, 6.07) is 12.3. The maximum atomic E-state index is 13.5. The number of rotatable bonds is 3. The first-order valence-electron chi connectivity index (χ1n) is 6.85. The van der Waals surface area contributed by atoms with Crippen molar-refractivity contribution in [2.24, 2.45) is 0 Å². The van der Waals surface area contributed by atoms with E-state index >= 15 is 0 Å². The molecule has 23 heavy (non-hydrogen) atoms. The standard InChI is InChI=1S/C16H13FN4O2/c1-10-18-15(21-23-10)11-6-8-12(9-7-11)19-16(22)20-14-5-3-2-4-13(14)17/h2-9H,1H3,(H2,19,20,22). The average Bonchev–Trinajstić information content (AvgIpc) is 2.97. The molecule has 0 spiro atoms. The topological polar surface area (TPSA) is 80.0 Å². The van der Waals surface area contributed by atoms with Crippen LogP contribution >= 0.6 is 0 Å². The minimum absolute atomic E-state index is 0.115. The number of hydrogen-bond donors (Lipinski definition) is 2. The number of benzene rings is 2. The van der Waals surface area contributed by atoms with Crippen LogP contribution in [0.4, 0.5) is 20.6 Å². The van der Waals surface area contributed by atoms with E-state index < -0.39 is 11.8 Å². The molecule has 7 heteroatoms. The van der Waals surface area contributed by atoms with Crippen molar-refractivity contribution in [3.8, 4) is 11.4 Å². The molecular weight excluding hydrogens is 299 g/mol. The van der Waals surface area contributed by atoms with Crippen molar-refractivity contribution in [1.82, 2.24) is 10.1 Å². The summed E-state index contributed by atoms with van der Waals surface area (Å²) < 4.78 is 18.4. The predicted octanol–water partition coefficient (Wildman–Crippen LogP) is 3.83. The van der Waals surface area contributed by atoms with Gasteiger partial charge in [0.05, 0.1) is 5.69 Å². The first-order chi connectivity index (χ1) is 11.1. The van der Waals surface area contributed by atoms with Gasteiger partial charge in [-0.1, -0.05) is 17.3 Å². The van der Waals surface area contributed by atoms with E-state index in [0.717, 1.165) is 5.56 Å². The lowest BCUT2D eigenvalue weighted by Gasteiger charge is -2.08. The van der Waals surface area contributed by atoms with Crippen LogP contribution in [-0.2, 0) is 0 Å². The lowest BCUT2D eigenvalue weighted by Crippen LogP contribution is -2.20. The van der Waals surface area contributed by atoms with Crippen LogP contribution in [-0.4, -0.2) is 16.2 Å². The van der Waals surface area contributed by atoms with Crippen molar-refractivity contribution in [3.63, 3.8) is 0 Å². The predicted molar refractivity (Wildman–Crippen MR) is 83.5 cm³/mol. The zero-order valence-electron chi connectivity index (χ0n) is 12.2. The first-order valence-corrected chi connectivity index (χ1v) is 6.85. The molecule has 0 saturated heterocycles. The molecule has 0 fully saturated rings. The van der Waals surface area contributed by atoms with Crippen molar-refractivity contribution >= 4 is 17.4 Å². The smallest absolute Gasteiger partial charge is 0.323 e. The molecule has 3 aromatic rings. The van der Waals surface area contributed by atoms with Crippen LogP contribution in [0.25, 0.3) is 11.4 Å². The second-order valence-electron chi connectivity index (χ2n) is 4.77. The molecule has 2 N–H and O–H groups in total. The zero-order chi connectivity index (χ0) is 16.2. The van der Waals surface area contributed by atoms with Gasteiger partial charge in [0.1, 0.15) is 5.82 Å². The number of carbonyl (C=O) groups is 1. The van der Waals surface area contributed by atoms with Gasteiger partial charge in [-0.15, -0.1) is 0 Å². The molecule has 2 aromatic carbocycles. The molecule has 0 atom stereocenters. The highest BCUT2D eigenvalue weighted by molar-refractivity contribution is 5.99. The van der Waals surface area contributed by atoms with Crippen molar-refractivity contribution in [3.05, 3.63) is 60.2 Å². The monoisotopic (exact) mass is 312 g/mol. The highest BCUT2D eigenvalue weighted by Crippen LogP contribution is 2.19. The van der Waals surface area contributed by atoms with Gasteiger partial charge >= 0.3 is 6.03 Å². The van der Waals surface area contributed by atoms with Crippen LogP contribution in [0.3, 0.4) is 0 Å². The summed E-state index contributed by atoms with van der Waals surface area (Å²) in [6.07, 6.45) is 0. The summed E-state index contributed by atoms with van der Waals surface area (Å²) >= 11 is 0. The van der Waals surface area contributed by atoms with E-state index in [9.17, 15) is 9.18 Å². The van der Waals surface area contributed by atoms with Gasteiger partial charge < -0.3 is 15.2 Å². The molecule has 1 heterocycles. The molecule has 116 valence electrons. The quantitative estimate of drug-likeness (QED) is 0.770. The van der Waals surface area contributed by atoms with Crippen LogP contribution in [0.15, 0.2) is 53.1 Å². The third-order valence-corrected chi connectivity index (χ3v) is 3.05. The molecule has 0 radical (unpaired) electrons. The van der Waals surface area contributed by atoms with Crippen LogP contribution < -0.4 is 10.6 Å². The maximum absolute atomic E-state index is 13.5.